The summed E-state index contributed by atoms with van der Waals surface area (Å²) in [5.74, 6) is 0.817. The van der Waals surface area contributed by atoms with Crippen LogP contribution in [-0.2, 0) is 4.79 Å². The molecule has 0 saturated carbocycles. The molecule has 0 N–H and O–H groups in total. The number of rotatable bonds is 4. The molecule has 0 bridgehead atoms. The van der Waals surface area contributed by atoms with E-state index in [0.29, 0.717) is 21.9 Å². The van der Waals surface area contributed by atoms with Crippen LogP contribution in [-0.4, -0.2) is 46.4 Å². The number of piperidine rings is 1. The van der Waals surface area contributed by atoms with Crippen LogP contribution in [0.5, 0.6) is 5.75 Å². The molecule has 3 rings (SSSR count). The fourth-order valence-electron chi connectivity index (χ4n) is 3.02. The van der Waals surface area contributed by atoms with E-state index in [4.69, 9.17) is 17.0 Å². The van der Waals surface area contributed by atoms with Crippen LogP contribution < -0.4 is 4.74 Å². The number of carbonyl (C=O) groups excluding carboxylic acids is 1. The summed E-state index contributed by atoms with van der Waals surface area (Å²) < 4.78 is 5.81. The van der Waals surface area contributed by atoms with Crippen LogP contribution >= 0.6 is 24.0 Å². The summed E-state index contributed by atoms with van der Waals surface area (Å²) in [6.45, 7) is 3.87. The number of thiocarbonyl (C=S) groups is 1. The van der Waals surface area contributed by atoms with Crippen LogP contribution in [0.25, 0.3) is 6.08 Å². The molecule has 1 aromatic carbocycles. The van der Waals surface area contributed by atoms with Gasteiger partial charge in [-0.3, -0.25) is 14.6 Å². The van der Waals surface area contributed by atoms with Gasteiger partial charge in [-0.25, -0.2) is 0 Å². The zero-order chi connectivity index (χ0) is 17.1. The van der Waals surface area contributed by atoms with Crippen molar-refractivity contribution in [3.8, 4) is 5.75 Å². The minimum atomic E-state index is 0.0126. The lowest BCUT2D eigenvalue weighted by Crippen LogP contribution is -2.46. The Labute approximate surface area is 152 Å². The number of amides is 1. The van der Waals surface area contributed by atoms with Crippen molar-refractivity contribution in [3.05, 3.63) is 34.7 Å². The van der Waals surface area contributed by atoms with E-state index in [1.165, 1.54) is 31.0 Å². The van der Waals surface area contributed by atoms with Gasteiger partial charge in [0, 0.05) is 12.6 Å². The summed E-state index contributed by atoms with van der Waals surface area (Å²) in [7, 11) is 1.64. The molecule has 128 valence electrons. The van der Waals surface area contributed by atoms with Gasteiger partial charge in [0.05, 0.1) is 18.7 Å². The molecule has 2 heterocycles. The number of benzene rings is 1. The first-order chi connectivity index (χ1) is 11.6. The van der Waals surface area contributed by atoms with Crippen LogP contribution in [0.3, 0.4) is 0 Å². The zero-order valence-corrected chi connectivity index (χ0v) is 15.7. The van der Waals surface area contributed by atoms with Crippen molar-refractivity contribution >= 4 is 40.3 Å². The normalized spacial score (nSPS) is 24.0. The zero-order valence-electron chi connectivity index (χ0n) is 14.0. The third kappa shape index (κ3) is 3.82. The van der Waals surface area contributed by atoms with Gasteiger partial charge in [0.25, 0.3) is 5.91 Å². The fourth-order valence-corrected chi connectivity index (χ4v) is 4.26. The second-order valence-electron chi connectivity index (χ2n) is 6.18. The van der Waals surface area contributed by atoms with Gasteiger partial charge >= 0.3 is 0 Å². The lowest BCUT2D eigenvalue weighted by molar-refractivity contribution is -0.124. The smallest absolute Gasteiger partial charge is 0.267 e. The molecule has 2 aliphatic rings. The SMILES string of the molecule is COc1ccc(/C=C2\SC(=S)N(CN3CCCCC3C)C2=O)cc1. The topological polar surface area (TPSA) is 32.8 Å². The predicted molar refractivity (Wildman–Crippen MR) is 103 cm³/mol. The van der Waals surface area contributed by atoms with Crippen molar-refractivity contribution in [2.24, 2.45) is 0 Å². The number of likely N-dealkylation sites (tertiary alicyclic amines) is 1. The van der Waals surface area contributed by atoms with E-state index in [1.807, 2.05) is 30.3 Å². The Balaban J connectivity index is 1.71. The number of thioether (sulfide) groups is 1. The number of hydrogen-bond donors (Lipinski definition) is 0. The van der Waals surface area contributed by atoms with Crippen LogP contribution in [0.4, 0.5) is 0 Å². The van der Waals surface area contributed by atoms with E-state index in [0.717, 1.165) is 17.9 Å². The Kier molecular flexibility index (Phi) is 5.58. The number of hydrogen-bond acceptors (Lipinski definition) is 5. The summed E-state index contributed by atoms with van der Waals surface area (Å²) in [5.41, 5.74) is 0.975. The van der Waals surface area contributed by atoms with Crippen molar-refractivity contribution in [1.82, 2.24) is 9.80 Å². The van der Waals surface area contributed by atoms with Crippen molar-refractivity contribution < 1.29 is 9.53 Å². The molecule has 2 fully saturated rings. The van der Waals surface area contributed by atoms with Crippen molar-refractivity contribution in [3.63, 3.8) is 0 Å². The Hall–Kier alpha value is -1.37. The van der Waals surface area contributed by atoms with E-state index in [2.05, 4.69) is 11.8 Å². The van der Waals surface area contributed by atoms with Crippen molar-refractivity contribution in [2.75, 3.05) is 20.3 Å². The highest BCUT2D eigenvalue weighted by Crippen LogP contribution is 2.33. The molecule has 4 nitrogen and oxygen atoms in total. The largest absolute Gasteiger partial charge is 0.497 e. The lowest BCUT2D eigenvalue weighted by atomic mass is 10.0. The standard InChI is InChI=1S/C18H22N2O2S2/c1-13-5-3-4-10-19(13)12-20-17(21)16(24-18(20)23)11-14-6-8-15(22-2)9-7-14/h6-9,11,13H,3-5,10,12H2,1-2H3/b16-11-. The number of nitrogens with zero attached hydrogens (tertiary/aromatic N) is 2. The second kappa shape index (κ2) is 7.68. The quantitative estimate of drug-likeness (QED) is 0.602. The van der Waals surface area contributed by atoms with Crippen LogP contribution in [0.2, 0.25) is 0 Å². The Bertz CT molecular complexity index is 657. The first kappa shape index (κ1) is 17.5. The first-order valence-corrected chi connectivity index (χ1v) is 9.44. The first-order valence-electron chi connectivity index (χ1n) is 8.22. The molecule has 2 aliphatic heterocycles. The maximum Gasteiger partial charge on any atom is 0.267 e. The van der Waals surface area contributed by atoms with Gasteiger partial charge < -0.3 is 4.74 Å². The van der Waals surface area contributed by atoms with E-state index in [-0.39, 0.29) is 5.91 Å². The molecular formula is C18H22N2O2S2. The fraction of sp³-hybridized carbons (Fsp3) is 0.444. The Morgan fingerprint density at radius 2 is 2.08 bits per heavy atom. The maximum atomic E-state index is 12.7. The minimum absolute atomic E-state index is 0.0126. The average Bonchev–Trinajstić information content (AvgIpc) is 2.85. The molecule has 1 aromatic rings. The molecule has 1 atom stereocenters. The highest BCUT2D eigenvalue weighted by Gasteiger charge is 2.34. The Morgan fingerprint density at radius 3 is 2.75 bits per heavy atom. The van der Waals surface area contributed by atoms with Crippen LogP contribution in [0.15, 0.2) is 29.2 Å². The van der Waals surface area contributed by atoms with Gasteiger partial charge in [0.2, 0.25) is 0 Å². The van der Waals surface area contributed by atoms with Gasteiger partial charge in [-0.05, 0) is 43.5 Å². The monoisotopic (exact) mass is 362 g/mol. The summed E-state index contributed by atoms with van der Waals surface area (Å²) in [5, 5.41) is 0. The highest BCUT2D eigenvalue weighted by molar-refractivity contribution is 8.26. The van der Waals surface area contributed by atoms with E-state index in [9.17, 15) is 4.79 Å². The van der Waals surface area contributed by atoms with E-state index >= 15 is 0 Å². The van der Waals surface area contributed by atoms with Crippen molar-refractivity contribution in [2.45, 2.75) is 32.2 Å². The summed E-state index contributed by atoms with van der Waals surface area (Å²) >= 11 is 6.83. The molecule has 0 radical (unpaired) electrons. The molecular weight excluding hydrogens is 340 g/mol. The van der Waals surface area contributed by atoms with Gasteiger partial charge in [-0.15, -0.1) is 0 Å². The minimum Gasteiger partial charge on any atom is -0.497 e. The van der Waals surface area contributed by atoms with E-state index in [1.54, 1.807) is 12.0 Å². The molecule has 1 amide bonds. The number of methoxy groups -OCH3 is 1. The van der Waals surface area contributed by atoms with E-state index < -0.39 is 0 Å². The van der Waals surface area contributed by atoms with Gasteiger partial charge in [0.15, 0.2) is 0 Å². The summed E-state index contributed by atoms with van der Waals surface area (Å²) in [6, 6.07) is 8.18. The molecule has 6 heteroatoms. The van der Waals surface area contributed by atoms with Gasteiger partial charge in [-0.2, -0.15) is 0 Å². The van der Waals surface area contributed by atoms with Crippen LogP contribution in [0, 0.1) is 0 Å². The third-order valence-electron chi connectivity index (χ3n) is 4.55. The number of ether oxygens (including phenoxy) is 1. The summed E-state index contributed by atoms with van der Waals surface area (Å²) in [4.78, 5) is 17.5. The highest BCUT2D eigenvalue weighted by atomic mass is 32.2. The number of carbonyl (C=O) groups is 1. The van der Waals surface area contributed by atoms with Gasteiger partial charge in [0.1, 0.15) is 10.1 Å². The molecule has 0 aromatic heterocycles. The lowest BCUT2D eigenvalue weighted by Gasteiger charge is -2.35. The summed E-state index contributed by atoms with van der Waals surface area (Å²) in [6.07, 6.45) is 5.56. The molecule has 1 unspecified atom stereocenters. The predicted octanol–water partition coefficient (Wildman–Crippen LogP) is 3.73. The van der Waals surface area contributed by atoms with Crippen LogP contribution in [0.1, 0.15) is 31.7 Å². The molecule has 0 spiro atoms. The maximum absolute atomic E-state index is 12.7. The second-order valence-corrected chi connectivity index (χ2v) is 7.86. The molecule has 0 aliphatic carbocycles. The molecule has 24 heavy (non-hydrogen) atoms. The third-order valence-corrected chi connectivity index (χ3v) is 5.93. The average molecular weight is 363 g/mol. The molecule has 2 saturated heterocycles. The Morgan fingerprint density at radius 1 is 1.33 bits per heavy atom. The van der Waals surface area contributed by atoms with Crippen molar-refractivity contribution in [1.29, 1.82) is 0 Å². The van der Waals surface area contributed by atoms with Gasteiger partial charge in [-0.1, -0.05) is 42.5 Å².